The second kappa shape index (κ2) is 6.40. The maximum atomic E-state index is 5.76. The van der Waals surface area contributed by atoms with Crippen LogP contribution in [0, 0.1) is 5.92 Å². The molecule has 1 aliphatic heterocycles. The molecular formula is C20H23N5O2. The highest BCUT2D eigenvalue weighted by Gasteiger charge is 2.29. The molecule has 140 valence electrons. The Morgan fingerprint density at radius 2 is 1.93 bits per heavy atom. The van der Waals surface area contributed by atoms with E-state index < -0.39 is 0 Å². The SMILES string of the molecule is CC(C)C(Nc1nccn2c(C3CC3)nnc12)c1ccc2c(c1)OCCO2. The van der Waals surface area contributed by atoms with Gasteiger partial charge in [-0.2, -0.15) is 0 Å². The molecule has 1 atom stereocenters. The Kier molecular flexibility index (Phi) is 3.88. The van der Waals surface area contributed by atoms with Gasteiger partial charge in [0, 0.05) is 18.3 Å². The van der Waals surface area contributed by atoms with E-state index in [4.69, 9.17) is 9.47 Å². The molecule has 3 aromatic rings. The van der Waals surface area contributed by atoms with Crippen molar-refractivity contribution in [3.63, 3.8) is 0 Å². The van der Waals surface area contributed by atoms with Crippen molar-refractivity contribution >= 4 is 11.5 Å². The molecule has 0 spiro atoms. The van der Waals surface area contributed by atoms with Crippen molar-refractivity contribution in [3.05, 3.63) is 42.0 Å². The molecule has 2 aromatic heterocycles. The summed E-state index contributed by atoms with van der Waals surface area (Å²) in [6.07, 6.45) is 6.14. The monoisotopic (exact) mass is 365 g/mol. The number of rotatable bonds is 5. The molecule has 3 heterocycles. The van der Waals surface area contributed by atoms with Crippen LogP contribution in [0.3, 0.4) is 0 Å². The number of fused-ring (bicyclic) bond motifs is 2. The number of nitrogens with one attached hydrogen (secondary N) is 1. The molecule has 7 heteroatoms. The summed E-state index contributed by atoms with van der Waals surface area (Å²) >= 11 is 0. The fraction of sp³-hybridized carbons (Fsp3) is 0.450. The number of anilines is 1. The Morgan fingerprint density at radius 1 is 1.11 bits per heavy atom. The molecule has 1 aromatic carbocycles. The van der Waals surface area contributed by atoms with Gasteiger partial charge in [0.25, 0.3) is 0 Å². The molecule has 1 saturated carbocycles. The third kappa shape index (κ3) is 2.97. The van der Waals surface area contributed by atoms with Crippen molar-refractivity contribution in [2.75, 3.05) is 18.5 Å². The second-order valence-corrected chi connectivity index (χ2v) is 7.57. The van der Waals surface area contributed by atoms with Gasteiger partial charge in [-0.15, -0.1) is 10.2 Å². The number of hydrogen-bond donors (Lipinski definition) is 1. The fourth-order valence-corrected chi connectivity index (χ4v) is 3.60. The van der Waals surface area contributed by atoms with E-state index in [1.807, 2.05) is 18.5 Å². The largest absolute Gasteiger partial charge is 0.486 e. The summed E-state index contributed by atoms with van der Waals surface area (Å²) in [5.41, 5.74) is 1.92. The predicted molar refractivity (Wildman–Crippen MR) is 101 cm³/mol. The third-order valence-corrected chi connectivity index (χ3v) is 5.18. The lowest BCUT2D eigenvalue weighted by molar-refractivity contribution is 0.171. The normalized spacial score (nSPS) is 17.3. The van der Waals surface area contributed by atoms with Crippen LogP contribution < -0.4 is 14.8 Å². The Balaban J connectivity index is 1.49. The van der Waals surface area contributed by atoms with Gasteiger partial charge in [0.15, 0.2) is 17.3 Å². The summed E-state index contributed by atoms with van der Waals surface area (Å²) in [6, 6.07) is 6.20. The lowest BCUT2D eigenvalue weighted by Gasteiger charge is -2.26. The summed E-state index contributed by atoms with van der Waals surface area (Å²) in [7, 11) is 0. The van der Waals surface area contributed by atoms with Crippen LogP contribution in [-0.2, 0) is 0 Å². The lowest BCUT2D eigenvalue weighted by atomic mass is 9.95. The molecule has 0 bridgehead atoms. The average molecular weight is 365 g/mol. The third-order valence-electron chi connectivity index (χ3n) is 5.18. The summed E-state index contributed by atoms with van der Waals surface area (Å²) in [4.78, 5) is 4.54. The van der Waals surface area contributed by atoms with Gasteiger partial charge in [-0.25, -0.2) is 4.98 Å². The Labute approximate surface area is 157 Å². The van der Waals surface area contributed by atoms with Crippen molar-refractivity contribution in [2.24, 2.45) is 5.92 Å². The summed E-state index contributed by atoms with van der Waals surface area (Å²) in [5, 5.41) is 12.4. The van der Waals surface area contributed by atoms with Crippen LogP contribution in [0.15, 0.2) is 30.6 Å². The van der Waals surface area contributed by atoms with Crippen molar-refractivity contribution < 1.29 is 9.47 Å². The number of aromatic nitrogens is 4. The minimum absolute atomic E-state index is 0.0700. The molecule has 1 fully saturated rings. The first-order chi connectivity index (χ1) is 13.2. The van der Waals surface area contributed by atoms with Crippen molar-refractivity contribution in [1.82, 2.24) is 19.6 Å². The van der Waals surface area contributed by atoms with Crippen LogP contribution in [0.4, 0.5) is 5.82 Å². The fourth-order valence-electron chi connectivity index (χ4n) is 3.60. The average Bonchev–Trinajstić information content (AvgIpc) is 3.44. The van der Waals surface area contributed by atoms with Crippen molar-refractivity contribution in [3.8, 4) is 11.5 Å². The first-order valence-corrected chi connectivity index (χ1v) is 9.56. The van der Waals surface area contributed by atoms with Gasteiger partial charge >= 0.3 is 0 Å². The molecule has 1 unspecified atom stereocenters. The molecule has 27 heavy (non-hydrogen) atoms. The molecule has 2 aliphatic rings. The molecule has 1 aliphatic carbocycles. The number of hydrogen-bond acceptors (Lipinski definition) is 6. The van der Waals surface area contributed by atoms with E-state index in [0.29, 0.717) is 25.0 Å². The zero-order valence-corrected chi connectivity index (χ0v) is 15.6. The van der Waals surface area contributed by atoms with Crippen molar-refractivity contribution in [2.45, 2.75) is 38.6 Å². The van der Waals surface area contributed by atoms with Gasteiger partial charge in [-0.1, -0.05) is 19.9 Å². The molecular weight excluding hydrogens is 342 g/mol. The Hall–Kier alpha value is -2.83. The molecule has 0 radical (unpaired) electrons. The molecule has 0 amide bonds. The maximum Gasteiger partial charge on any atom is 0.203 e. The molecule has 0 saturated heterocycles. The molecule has 1 N–H and O–H groups in total. The Morgan fingerprint density at radius 3 is 2.70 bits per heavy atom. The number of nitrogens with zero attached hydrogens (tertiary/aromatic N) is 4. The summed E-state index contributed by atoms with van der Waals surface area (Å²) < 4.78 is 13.5. The van der Waals surface area contributed by atoms with Gasteiger partial charge in [0.2, 0.25) is 5.65 Å². The van der Waals surface area contributed by atoms with E-state index in [-0.39, 0.29) is 6.04 Å². The number of benzene rings is 1. The standard InChI is InChI=1S/C20H23N5O2/c1-12(2)17(14-5-6-15-16(11-14)27-10-9-26-15)22-18-20-24-23-19(13-3-4-13)25(20)8-7-21-18/h5-8,11-13,17H,3-4,9-10H2,1-2H3,(H,21,22). The van der Waals surface area contributed by atoms with Crippen LogP contribution >= 0.6 is 0 Å². The highest BCUT2D eigenvalue weighted by atomic mass is 16.6. The number of ether oxygens (including phenoxy) is 2. The van der Waals surface area contributed by atoms with Crippen LogP contribution in [0.25, 0.3) is 5.65 Å². The minimum Gasteiger partial charge on any atom is -0.486 e. The van der Waals surface area contributed by atoms with Gasteiger partial charge in [-0.05, 0) is 36.5 Å². The van der Waals surface area contributed by atoms with Gasteiger partial charge in [-0.3, -0.25) is 4.40 Å². The van der Waals surface area contributed by atoms with Crippen LogP contribution in [0.2, 0.25) is 0 Å². The smallest absolute Gasteiger partial charge is 0.203 e. The van der Waals surface area contributed by atoms with Gasteiger partial charge in [0.05, 0.1) is 6.04 Å². The van der Waals surface area contributed by atoms with Crippen LogP contribution in [0.1, 0.15) is 50.0 Å². The highest BCUT2D eigenvalue weighted by Crippen LogP contribution is 2.40. The van der Waals surface area contributed by atoms with Crippen molar-refractivity contribution in [1.29, 1.82) is 0 Å². The van der Waals surface area contributed by atoms with E-state index in [1.165, 1.54) is 12.8 Å². The van der Waals surface area contributed by atoms with E-state index in [2.05, 4.69) is 50.9 Å². The van der Waals surface area contributed by atoms with E-state index >= 15 is 0 Å². The van der Waals surface area contributed by atoms with E-state index in [0.717, 1.165) is 34.4 Å². The maximum absolute atomic E-state index is 5.76. The second-order valence-electron chi connectivity index (χ2n) is 7.57. The summed E-state index contributed by atoms with van der Waals surface area (Å²) in [5.74, 6) is 4.28. The molecule has 7 nitrogen and oxygen atoms in total. The Bertz CT molecular complexity index is 980. The topological polar surface area (TPSA) is 73.6 Å². The lowest BCUT2D eigenvalue weighted by Crippen LogP contribution is -2.20. The van der Waals surface area contributed by atoms with Crippen LogP contribution in [0.5, 0.6) is 11.5 Å². The zero-order chi connectivity index (χ0) is 18.4. The quantitative estimate of drug-likeness (QED) is 0.745. The first kappa shape index (κ1) is 16.4. The zero-order valence-electron chi connectivity index (χ0n) is 15.6. The minimum atomic E-state index is 0.0700. The predicted octanol–water partition coefficient (Wildman–Crippen LogP) is 3.58. The van der Waals surface area contributed by atoms with E-state index in [1.54, 1.807) is 0 Å². The van der Waals surface area contributed by atoms with Crippen LogP contribution in [-0.4, -0.2) is 32.8 Å². The highest BCUT2D eigenvalue weighted by molar-refractivity contribution is 5.63. The van der Waals surface area contributed by atoms with Gasteiger partial charge in [0.1, 0.15) is 19.0 Å². The molecule has 5 rings (SSSR count). The summed E-state index contributed by atoms with van der Waals surface area (Å²) in [6.45, 7) is 5.56. The first-order valence-electron chi connectivity index (χ1n) is 9.56. The van der Waals surface area contributed by atoms with E-state index in [9.17, 15) is 0 Å². The van der Waals surface area contributed by atoms with Gasteiger partial charge < -0.3 is 14.8 Å².